The minimum atomic E-state index is 0.373. The number of hydrogen-bond acceptors (Lipinski definition) is 2. The quantitative estimate of drug-likeness (QED) is 0.336. The van der Waals surface area contributed by atoms with Gasteiger partial charge in [0, 0.05) is 5.56 Å². The van der Waals surface area contributed by atoms with Gasteiger partial charge in [-0.25, -0.2) is 4.99 Å². The number of rotatable bonds is 14. The van der Waals surface area contributed by atoms with Gasteiger partial charge in [0.05, 0.1) is 6.04 Å². The fourth-order valence-corrected chi connectivity index (χ4v) is 3.52. The summed E-state index contributed by atoms with van der Waals surface area (Å²) in [6.07, 6.45) is 18.0. The molecule has 0 N–H and O–H groups in total. The lowest BCUT2D eigenvalue weighted by atomic mass is 10.0. The lowest BCUT2D eigenvalue weighted by Crippen LogP contribution is -2.05. The van der Waals surface area contributed by atoms with E-state index in [9.17, 15) is 0 Å². The van der Waals surface area contributed by atoms with Crippen LogP contribution in [-0.2, 0) is 4.74 Å². The van der Waals surface area contributed by atoms with Crippen molar-refractivity contribution in [3.05, 3.63) is 35.9 Å². The third-order valence-electron chi connectivity index (χ3n) is 5.12. The van der Waals surface area contributed by atoms with Crippen molar-refractivity contribution in [2.24, 2.45) is 4.99 Å². The summed E-state index contributed by atoms with van der Waals surface area (Å²) in [5.41, 5.74) is 1.11. The van der Waals surface area contributed by atoms with Crippen LogP contribution in [0.1, 0.15) is 96.0 Å². The van der Waals surface area contributed by atoms with Crippen LogP contribution in [0.25, 0.3) is 0 Å². The molecule has 1 heterocycles. The molecule has 0 saturated heterocycles. The van der Waals surface area contributed by atoms with E-state index >= 15 is 0 Å². The van der Waals surface area contributed by atoms with E-state index in [2.05, 4.69) is 19.1 Å². The molecule has 0 radical (unpaired) electrons. The molecule has 0 saturated carbocycles. The molecule has 140 valence electrons. The first-order valence-corrected chi connectivity index (χ1v) is 10.7. The Bertz CT molecular complexity index is 468. The molecule has 2 rings (SSSR count). The molecule has 0 bridgehead atoms. The molecule has 0 fully saturated rings. The summed E-state index contributed by atoms with van der Waals surface area (Å²) in [5, 5.41) is 0. The highest BCUT2D eigenvalue weighted by Crippen LogP contribution is 2.18. The van der Waals surface area contributed by atoms with Crippen LogP contribution in [0.2, 0.25) is 0 Å². The maximum atomic E-state index is 5.76. The van der Waals surface area contributed by atoms with E-state index in [1.54, 1.807) is 0 Å². The maximum Gasteiger partial charge on any atom is 0.216 e. The zero-order chi connectivity index (χ0) is 17.6. The molecule has 1 aliphatic rings. The average molecular weight is 344 g/mol. The Morgan fingerprint density at radius 1 is 0.800 bits per heavy atom. The average Bonchev–Trinajstić information content (AvgIpc) is 3.12. The molecule has 1 atom stereocenters. The highest BCUT2D eigenvalue weighted by molar-refractivity contribution is 5.95. The predicted molar refractivity (Wildman–Crippen MR) is 108 cm³/mol. The molecule has 0 aliphatic carbocycles. The normalized spacial score (nSPS) is 16.7. The van der Waals surface area contributed by atoms with Crippen LogP contribution in [0.3, 0.4) is 0 Å². The van der Waals surface area contributed by atoms with Gasteiger partial charge in [0.1, 0.15) is 6.61 Å². The Morgan fingerprint density at radius 3 is 1.96 bits per heavy atom. The summed E-state index contributed by atoms with van der Waals surface area (Å²) in [6.45, 7) is 3.05. The molecule has 0 aromatic heterocycles. The first-order chi connectivity index (χ1) is 12.4. The largest absolute Gasteiger partial charge is 0.475 e. The van der Waals surface area contributed by atoms with E-state index in [1.807, 2.05) is 18.2 Å². The molecule has 0 spiro atoms. The number of ether oxygens (including phenoxy) is 1. The second-order valence-electron chi connectivity index (χ2n) is 7.44. The fourth-order valence-electron chi connectivity index (χ4n) is 3.52. The topological polar surface area (TPSA) is 21.6 Å². The van der Waals surface area contributed by atoms with Gasteiger partial charge in [0.25, 0.3) is 0 Å². The molecule has 25 heavy (non-hydrogen) atoms. The zero-order valence-corrected chi connectivity index (χ0v) is 16.2. The van der Waals surface area contributed by atoms with Crippen molar-refractivity contribution < 1.29 is 4.74 Å². The molecule has 1 aliphatic heterocycles. The lowest BCUT2D eigenvalue weighted by molar-refractivity contribution is 0.309. The number of hydrogen-bond donors (Lipinski definition) is 0. The van der Waals surface area contributed by atoms with Crippen LogP contribution in [0.4, 0.5) is 0 Å². The Morgan fingerprint density at radius 2 is 1.36 bits per heavy atom. The van der Waals surface area contributed by atoms with Crippen LogP contribution in [0.5, 0.6) is 0 Å². The van der Waals surface area contributed by atoms with Crippen molar-refractivity contribution in [3.63, 3.8) is 0 Å². The standard InChI is InChI=1S/C23H37NO/c1-2-3-4-5-6-7-8-9-10-11-12-16-19-22-20-25-23(24-22)21-17-14-13-15-18-21/h13-15,17-18,22H,2-12,16,19-20H2,1H3/t22-/m1/s1. The highest BCUT2D eigenvalue weighted by atomic mass is 16.5. The second-order valence-corrected chi connectivity index (χ2v) is 7.44. The highest BCUT2D eigenvalue weighted by Gasteiger charge is 2.19. The van der Waals surface area contributed by atoms with Gasteiger partial charge in [-0.05, 0) is 18.6 Å². The van der Waals surface area contributed by atoms with Crippen molar-refractivity contribution in [1.29, 1.82) is 0 Å². The van der Waals surface area contributed by atoms with Gasteiger partial charge >= 0.3 is 0 Å². The van der Waals surface area contributed by atoms with Crippen LogP contribution in [0.15, 0.2) is 35.3 Å². The Hall–Kier alpha value is -1.31. The Labute approximate surface area is 155 Å². The Kier molecular flexibility index (Phi) is 10.4. The smallest absolute Gasteiger partial charge is 0.216 e. The summed E-state index contributed by atoms with van der Waals surface area (Å²) in [7, 11) is 0. The summed E-state index contributed by atoms with van der Waals surface area (Å²) in [4.78, 5) is 4.74. The molecule has 1 aromatic rings. The Balaban J connectivity index is 1.42. The molecular weight excluding hydrogens is 306 g/mol. The number of unbranched alkanes of at least 4 members (excludes halogenated alkanes) is 11. The zero-order valence-electron chi connectivity index (χ0n) is 16.2. The molecule has 2 nitrogen and oxygen atoms in total. The van der Waals surface area contributed by atoms with Crippen LogP contribution in [0, 0.1) is 0 Å². The van der Waals surface area contributed by atoms with Crippen molar-refractivity contribution in [1.82, 2.24) is 0 Å². The molecule has 0 unspecified atom stereocenters. The fraction of sp³-hybridized carbons (Fsp3) is 0.696. The molecule has 2 heteroatoms. The predicted octanol–water partition coefficient (Wildman–Crippen LogP) is 6.92. The van der Waals surface area contributed by atoms with Crippen LogP contribution in [-0.4, -0.2) is 18.5 Å². The summed E-state index contributed by atoms with van der Waals surface area (Å²) >= 11 is 0. The van der Waals surface area contributed by atoms with Gasteiger partial charge in [-0.1, -0.05) is 102 Å². The van der Waals surface area contributed by atoms with Crippen molar-refractivity contribution in [2.75, 3.05) is 6.61 Å². The number of benzene rings is 1. The van der Waals surface area contributed by atoms with Gasteiger partial charge in [0.15, 0.2) is 0 Å². The number of nitrogens with zero attached hydrogens (tertiary/aromatic N) is 1. The summed E-state index contributed by atoms with van der Waals surface area (Å²) in [6, 6.07) is 10.6. The monoisotopic (exact) mass is 343 g/mol. The van der Waals surface area contributed by atoms with E-state index in [0.717, 1.165) is 18.1 Å². The van der Waals surface area contributed by atoms with E-state index < -0.39 is 0 Å². The first kappa shape index (κ1) is 20.0. The molecular formula is C23H37NO. The van der Waals surface area contributed by atoms with Gasteiger partial charge in [-0.2, -0.15) is 0 Å². The third kappa shape index (κ3) is 8.56. The minimum Gasteiger partial charge on any atom is -0.475 e. The van der Waals surface area contributed by atoms with E-state index in [1.165, 1.54) is 83.5 Å². The summed E-state index contributed by atoms with van der Waals surface area (Å²) < 4.78 is 5.76. The van der Waals surface area contributed by atoms with Gasteiger partial charge in [0.2, 0.25) is 5.90 Å². The van der Waals surface area contributed by atoms with Gasteiger partial charge < -0.3 is 4.74 Å². The van der Waals surface area contributed by atoms with Crippen LogP contribution < -0.4 is 0 Å². The van der Waals surface area contributed by atoms with E-state index in [0.29, 0.717) is 6.04 Å². The molecule has 1 aromatic carbocycles. The molecule has 0 amide bonds. The lowest BCUT2D eigenvalue weighted by Gasteiger charge is -2.05. The minimum absolute atomic E-state index is 0.373. The van der Waals surface area contributed by atoms with Crippen molar-refractivity contribution >= 4 is 5.90 Å². The number of aliphatic imine (C=N–C) groups is 1. The van der Waals surface area contributed by atoms with Gasteiger partial charge in [-0.3, -0.25) is 0 Å². The van der Waals surface area contributed by atoms with Crippen LogP contribution >= 0.6 is 0 Å². The van der Waals surface area contributed by atoms with Crippen molar-refractivity contribution in [2.45, 2.75) is 96.4 Å². The van der Waals surface area contributed by atoms with Gasteiger partial charge in [-0.15, -0.1) is 0 Å². The van der Waals surface area contributed by atoms with Crippen molar-refractivity contribution in [3.8, 4) is 0 Å². The van der Waals surface area contributed by atoms with E-state index in [4.69, 9.17) is 9.73 Å². The second kappa shape index (κ2) is 13.0. The third-order valence-corrected chi connectivity index (χ3v) is 5.12. The summed E-state index contributed by atoms with van der Waals surface area (Å²) in [5.74, 6) is 0.838. The SMILES string of the molecule is CCCCCCCCCCCCCC[C@@H]1COC(c2ccccc2)=N1. The maximum absolute atomic E-state index is 5.76. The van der Waals surface area contributed by atoms with E-state index in [-0.39, 0.29) is 0 Å². The first-order valence-electron chi connectivity index (χ1n) is 10.7.